The number of hydrogen-bond donors (Lipinski definition) is 2. The molecule has 1 aliphatic heterocycles. The Kier molecular flexibility index (Phi) is 5.89. The van der Waals surface area contributed by atoms with Crippen LogP contribution >= 0.6 is 0 Å². The molecule has 2 N–H and O–H groups in total. The summed E-state index contributed by atoms with van der Waals surface area (Å²) in [7, 11) is 0. The van der Waals surface area contributed by atoms with E-state index in [4.69, 9.17) is 4.98 Å². The van der Waals surface area contributed by atoms with Crippen molar-refractivity contribution in [1.29, 1.82) is 0 Å². The van der Waals surface area contributed by atoms with Gasteiger partial charge in [-0.15, -0.1) is 0 Å². The normalized spacial score (nSPS) is 15.0. The Bertz CT molecular complexity index is 1190. The number of nitrogens with one attached hydrogen (secondary N) is 2. The number of nitrogens with zero attached hydrogens (tertiary/aromatic N) is 5. The number of fused-ring (bicyclic) bond motifs is 1. The highest BCUT2D eigenvalue weighted by atomic mass is 15.2. The van der Waals surface area contributed by atoms with Crippen molar-refractivity contribution >= 4 is 28.5 Å². The smallest absolute Gasteiger partial charge is 0.223 e. The SMILES string of the molecule is Cc1cccc(Nc2ncnc3cnc(NC4CCN(Cc5ccccc5)CC4)nc23)c1. The lowest BCUT2D eigenvalue weighted by atomic mass is 10.0. The van der Waals surface area contributed by atoms with E-state index in [1.807, 2.05) is 12.1 Å². The van der Waals surface area contributed by atoms with Gasteiger partial charge in [-0.25, -0.2) is 19.9 Å². The average molecular weight is 426 g/mol. The standard InChI is InChI=1S/C25H27N7/c1-18-6-5-9-21(14-18)29-24-23-22(27-17-28-24)15-26-25(31-23)30-20-10-12-32(13-11-20)16-19-7-3-2-4-8-19/h2-9,14-15,17,20H,10-13,16H2,1H3,(H,26,30,31)(H,27,28,29). The fourth-order valence-corrected chi connectivity index (χ4v) is 4.13. The second-order valence-corrected chi connectivity index (χ2v) is 8.32. The summed E-state index contributed by atoms with van der Waals surface area (Å²) in [5.74, 6) is 1.31. The molecule has 1 saturated heterocycles. The highest BCUT2D eigenvalue weighted by Crippen LogP contribution is 2.23. The summed E-state index contributed by atoms with van der Waals surface area (Å²) in [6.07, 6.45) is 5.43. The van der Waals surface area contributed by atoms with Crippen molar-refractivity contribution in [3.63, 3.8) is 0 Å². The maximum absolute atomic E-state index is 4.75. The molecule has 0 atom stereocenters. The lowest BCUT2D eigenvalue weighted by Crippen LogP contribution is -2.38. The van der Waals surface area contributed by atoms with Crippen molar-refractivity contribution in [2.24, 2.45) is 0 Å². The molecule has 0 unspecified atom stereocenters. The Balaban J connectivity index is 1.26. The highest BCUT2D eigenvalue weighted by Gasteiger charge is 2.20. The average Bonchev–Trinajstić information content (AvgIpc) is 2.82. The van der Waals surface area contributed by atoms with Crippen molar-refractivity contribution in [2.75, 3.05) is 23.7 Å². The summed E-state index contributed by atoms with van der Waals surface area (Å²) in [6.45, 7) is 5.19. The van der Waals surface area contributed by atoms with Gasteiger partial charge in [-0.2, -0.15) is 0 Å². The number of hydrogen-bond acceptors (Lipinski definition) is 7. The van der Waals surface area contributed by atoms with E-state index in [2.05, 4.69) is 79.9 Å². The number of benzene rings is 2. The van der Waals surface area contributed by atoms with Crippen LogP contribution < -0.4 is 10.6 Å². The molecule has 1 aliphatic rings. The van der Waals surface area contributed by atoms with Crippen LogP contribution in [0.4, 0.5) is 17.5 Å². The van der Waals surface area contributed by atoms with Crippen molar-refractivity contribution in [2.45, 2.75) is 32.4 Å². The van der Waals surface area contributed by atoms with Crippen molar-refractivity contribution in [3.05, 3.63) is 78.2 Å². The number of anilines is 3. The topological polar surface area (TPSA) is 78.9 Å². The van der Waals surface area contributed by atoms with Gasteiger partial charge in [-0.1, -0.05) is 42.5 Å². The summed E-state index contributed by atoms with van der Waals surface area (Å²) in [6, 6.07) is 19.2. The van der Waals surface area contributed by atoms with Gasteiger partial charge in [0.05, 0.1) is 6.20 Å². The van der Waals surface area contributed by atoms with Crippen molar-refractivity contribution in [3.8, 4) is 0 Å². The summed E-state index contributed by atoms with van der Waals surface area (Å²) in [5, 5.41) is 6.90. The zero-order valence-electron chi connectivity index (χ0n) is 18.2. The van der Waals surface area contributed by atoms with Gasteiger partial charge in [-0.05, 0) is 43.0 Å². The third kappa shape index (κ3) is 4.84. The van der Waals surface area contributed by atoms with Crippen LogP contribution in [0.5, 0.6) is 0 Å². The summed E-state index contributed by atoms with van der Waals surface area (Å²) in [5.41, 5.74) is 4.96. The van der Waals surface area contributed by atoms with Crippen LogP contribution in [0.1, 0.15) is 24.0 Å². The maximum atomic E-state index is 4.75. The first-order chi connectivity index (χ1) is 15.7. The predicted octanol–water partition coefficient (Wildman–Crippen LogP) is 4.55. The second-order valence-electron chi connectivity index (χ2n) is 8.32. The predicted molar refractivity (Wildman–Crippen MR) is 128 cm³/mol. The Labute approximate surface area is 188 Å². The zero-order chi connectivity index (χ0) is 21.8. The maximum Gasteiger partial charge on any atom is 0.223 e. The molecule has 2 aromatic heterocycles. The van der Waals surface area contributed by atoms with Gasteiger partial charge >= 0.3 is 0 Å². The van der Waals surface area contributed by atoms with Gasteiger partial charge in [0, 0.05) is 31.4 Å². The third-order valence-electron chi connectivity index (χ3n) is 5.83. The van der Waals surface area contributed by atoms with E-state index in [1.54, 1.807) is 12.5 Å². The molecule has 1 fully saturated rings. The summed E-state index contributed by atoms with van der Waals surface area (Å²) < 4.78 is 0. The van der Waals surface area contributed by atoms with E-state index in [0.717, 1.165) is 43.7 Å². The van der Waals surface area contributed by atoms with Gasteiger partial charge < -0.3 is 10.6 Å². The zero-order valence-corrected chi connectivity index (χ0v) is 18.2. The molecule has 32 heavy (non-hydrogen) atoms. The molecule has 5 rings (SSSR count). The Morgan fingerprint density at radius 3 is 2.62 bits per heavy atom. The van der Waals surface area contributed by atoms with E-state index in [0.29, 0.717) is 23.3 Å². The van der Waals surface area contributed by atoms with Gasteiger partial charge in [-0.3, -0.25) is 4.90 Å². The Morgan fingerprint density at radius 1 is 0.969 bits per heavy atom. The number of piperidine rings is 1. The highest BCUT2D eigenvalue weighted by molar-refractivity contribution is 5.87. The van der Waals surface area contributed by atoms with Crippen LogP contribution in [-0.4, -0.2) is 44.0 Å². The molecule has 0 radical (unpaired) electrons. The van der Waals surface area contributed by atoms with Gasteiger partial charge in [0.25, 0.3) is 0 Å². The Morgan fingerprint density at radius 2 is 1.81 bits per heavy atom. The first-order valence-corrected chi connectivity index (χ1v) is 11.1. The van der Waals surface area contributed by atoms with Crippen LogP contribution in [0.15, 0.2) is 67.1 Å². The first-order valence-electron chi connectivity index (χ1n) is 11.1. The molecule has 0 bridgehead atoms. The van der Waals surface area contributed by atoms with E-state index >= 15 is 0 Å². The second kappa shape index (κ2) is 9.28. The van der Waals surface area contributed by atoms with Crippen LogP contribution in [0.2, 0.25) is 0 Å². The third-order valence-corrected chi connectivity index (χ3v) is 5.83. The molecule has 0 aliphatic carbocycles. The number of aryl methyl sites for hydroxylation is 1. The van der Waals surface area contributed by atoms with Crippen molar-refractivity contribution in [1.82, 2.24) is 24.8 Å². The van der Waals surface area contributed by atoms with Gasteiger partial charge in [0.1, 0.15) is 17.4 Å². The fourth-order valence-electron chi connectivity index (χ4n) is 4.13. The van der Waals surface area contributed by atoms with E-state index in [9.17, 15) is 0 Å². The molecular weight excluding hydrogens is 398 g/mol. The lowest BCUT2D eigenvalue weighted by molar-refractivity contribution is 0.211. The molecule has 7 nitrogen and oxygen atoms in total. The lowest BCUT2D eigenvalue weighted by Gasteiger charge is -2.32. The van der Waals surface area contributed by atoms with Crippen molar-refractivity contribution < 1.29 is 0 Å². The van der Waals surface area contributed by atoms with E-state index in [1.165, 1.54) is 11.1 Å². The van der Waals surface area contributed by atoms with Crippen LogP contribution in [-0.2, 0) is 6.54 Å². The van der Waals surface area contributed by atoms with Crippen LogP contribution in [0.25, 0.3) is 11.0 Å². The molecule has 162 valence electrons. The molecule has 0 spiro atoms. The fraction of sp³-hybridized carbons (Fsp3) is 0.280. The quantitative estimate of drug-likeness (QED) is 0.469. The molecule has 2 aromatic carbocycles. The molecular formula is C25H27N7. The summed E-state index contributed by atoms with van der Waals surface area (Å²) >= 11 is 0. The minimum atomic E-state index is 0.359. The summed E-state index contributed by atoms with van der Waals surface area (Å²) in [4.78, 5) is 20.5. The minimum absolute atomic E-state index is 0.359. The van der Waals surface area contributed by atoms with E-state index < -0.39 is 0 Å². The largest absolute Gasteiger partial charge is 0.351 e. The van der Waals surface area contributed by atoms with Gasteiger partial charge in [0.2, 0.25) is 5.95 Å². The molecule has 0 saturated carbocycles. The number of aromatic nitrogens is 4. The Hall–Kier alpha value is -3.58. The monoisotopic (exact) mass is 425 g/mol. The number of likely N-dealkylation sites (tertiary alicyclic amines) is 1. The van der Waals surface area contributed by atoms with Gasteiger partial charge in [0.15, 0.2) is 5.82 Å². The van der Waals surface area contributed by atoms with E-state index in [-0.39, 0.29) is 0 Å². The minimum Gasteiger partial charge on any atom is -0.351 e. The van der Waals surface area contributed by atoms with Crippen LogP contribution in [0.3, 0.4) is 0 Å². The number of rotatable bonds is 6. The first kappa shape index (κ1) is 20.3. The molecule has 0 amide bonds. The molecule has 4 aromatic rings. The molecule has 3 heterocycles. The van der Waals surface area contributed by atoms with Crippen LogP contribution in [0, 0.1) is 6.92 Å². The molecule has 7 heteroatoms.